The van der Waals surface area contributed by atoms with Gasteiger partial charge in [-0.2, -0.15) is 0 Å². The van der Waals surface area contributed by atoms with Crippen molar-refractivity contribution in [3.05, 3.63) is 65.5 Å². The molecule has 5 nitrogen and oxygen atoms in total. The van der Waals surface area contributed by atoms with E-state index in [-0.39, 0.29) is 11.6 Å². The van der Waals surface area contributed by atoms with Crippen LogP contribution in [0.3, 0.4) is 0 Å². The summed E-state index contributed by atoms with van der Waals surface area (Å²) < 4.78 is 12.2. The Morgan fingerprint density at radius 1 is 0.800 bits per heavy atom. The Hall–Kier alpha value is -2.89. The maximum atomic E-state index is 12.2. The molecule has 0 atom stereocenters. The summed E-state index contributed by atoms with van der Waals surface area (Å²) in [4.78, 5) is 20.9. The first kappa shape index (κ1) is 15.2. The predicted molar refractivity (Wildman–Crippen MR) is 71.5 cm³/mol. The number of rotatable bonds is 2. The van der Waals surface area contributed by atoms with Crippen molar-refractivity contribution in [1.82, 2.24) is 0 Å². The Kier molecular flexibility index (Phi) is 5.22. The number of phenolic OH excluding ortho intramolecular Hbond substituents is 1. The number of primary amides is 2. The third-order valence-corrected chi connectivity index (χ3v) is 2.28. The SMILES string of the molecule is NC(=O)c1ccc(F)cc1.NC(=O)c1ccc(O)cc1. The van der Waals surface area contributed by atoms with Crippen molar-refractivity contribution in [1.29, 1.82) is 0 Å². The van der Waals surface area contributed by atoms with Crippen molar-refractivity contribution in [2.24, 2.45) is 11.5 Å². The zero-order chi connectivity index (χ0) is 15.1. The molecule has 0 radical (unpaired) electrons. The quantitative estimate of drug-likeness (QED) is 0.772. The molecule has 6 heteroatoms. The summed E-state index contributed by atoms with van der Waals surface area (Å²) >= 11 is 0. The molecule has 0 aromatic heterocycles. The van der Waals surface area contributed by atoms with Gasteiger partial charge in [-0.1, -0.05) is 0 Å². The second-order valence-electron chi connectivity index (χ2n) is 3.78. The van der Waals surface area contributed by atoms with E-state index in [2.05, 4.69) is 0 Å². The fraction of sp³-hybridized carbons (Fsp3) is 0. The van der Waals surface area contributed by atoms with E-state index >= 15 is 0 Å². The fourth-order valence-electron chi connectivity index (χ4n) is 1.24. The van der Waals surface area contributed by atoms with Gasteiger partial charge in [-0.25, -0.2) is 4.39 Å². The van der Waals surface area contributed by atoms with Gasteiger partial charge < -0.3 is 16.6 Å². The maximum Gasteiger partial charge on any atom is 0.248 e. The molecule has 0 saturated heterocycles. The summed E-state index contributed by atoms with van der Waals surface area (Å²) in [7, 11) is 0. The molecule has 104 valence electrons. The van der Waals surface area contributed by atoms with Crippen LogP contribution in [-0.2, 0) is 0 Å². The number of aromatic hydroxyl groups is 1. The molecular weight excluding hydrogens is 263 g/mol. The van der Waals surface area contributed by atoms with E-state index in [4.69, 9.17) is 16.6 Å². The van der Waals surface area contributed by atoms with Gasteiger partial charge in [-0.3, -0.25) is 9.59 Å². The van der Waals surface area contributed by atoms with Crippen molar-refractivity contribution >= 4 is 11.8 Å². The molecule has 2 rings (SSSR count). The second kappa shape index (κ2) is 6.89. The lowest BCUT2D eigenvalue weighted by atomic mass is 10.2. The molecule has 5 N–H and O–H groups in total. The molecule has 0 aliphatic carbocycles. The first-order valence-electron chi connectivity index (χ1n) is 5.54. The lowest BCUT2D eigenvalue weighted by molar-refractivity contribution is 0.0992. The molecule has 2 aromatic carbocycles. The highest BCUT2D eigenvalue weighted by Crippen LogP contribution is 2.08. The van der Waals surface area contributed by atoms with Gasteiger partial charge in [0, 0.05) is 11.1 Å². The average Bonchev–Trinajstić information content (AvgIpc) is 2.40. The molecule has 2 aromatic rings. The van der Waals surface area contributed by atoms with Crippen LogP contribution < -0.4 is 11.5 Å². The van der Waals surface area contributed by atoms with Crippen LogP contribution in [-0.4, -0.2) is 16.9 Å². The Labute approximate surface area is 114 Å². The summed E-state index contributed by atoms with van der Waals surface area (Å²) in [6.07, 6.45) is 0. The number of hydrogen-bond acceptors (Lipinski definition) is 3. The van der Waals surface area contributed by atoms with Crippen molar-refractivity contribution < 1.29 is 19.1 Å². The Morgan fingerprint density at radius 3 is 1.50 bits per heavy atom. The number of carbonyl (C=O) groups is 2. The molecule has 0 heterocycles. The standard InChI is InChI=1S/C7H6FNO.C7H7NO2/c8-6-3-1-5(2-4-6)7(9)10;8-7(10)5-1-3-6(9)4-2-5/h1-4H,(H2,9,10);1-4,9H,(H2,8,10). The first-order valence-corrected chi connectivity index (χ1v) is 5.54. The molecule has 0 aliphatic rings. The van der Waals surface area contributed by atoms with E-state index in [9.17, 15) is 14.0 Å². The fourth-order valence-corrected chi connectivity index (χ4v) is 1.24. The number of carbonyl (C=O) groups excluding carboxylic acids is 2. The highest BCUT2D eigenvalue weighted by molar-refractivity contribution is 5.93. The molecule has 0 aliphatic heterocycles. The van der Waals surface area contributed by atoms with Gasteiger partial charge in [0.15, 0.2) is 0 Å². The van der Waals surface area contributed by atoms with E-state index in [1.165, 1.54) is 48.5 Å². The van der Waals surface area contributed by atoms with E-state index in [1.54, 1.807) is 0 Å². The molecule has 0 bridgehead atoms. The summed E-state index contributed by atoms with van der Waals surface area (Å²) in [5.74, 6) is -1.27. The minimum Gasteiger partial charge on any atom is -0.508 e. The number of hydrogen-bond donors (Lipinski definition) is 3. The third-order valence-electron chi connectivity index (χ3n) is 2.28. The number of nitrogens with two attached hydrogens (primary N) is 2. The highest BCUT2D eigenvalue weighted by atomic mass is 19.1. The number of halogens is 1. The van der Waals surface area contributed by atoms with Gasteiger partial charge >= 0.3 is 0 Å². The summed E-state index contributed by atoms with van der Waals surface area (Å²) in [5, 5.41) is 8.79. The van der Waals surface area contributed by atoms with Crippen LogP contribution in [0, 0.1) is 5.82 Å². The van der Waals surface area contributed by atoms with Crippen LogP contribution in [0.1, 0.15) is 20.7 Å². The van der Waals surface area contributed by atoms with Crippen LogP contribution in [0.4, 0.5) is 4.39 Å². The van der Waals surface area contributed by atoms with Crippen LogP contribution in [0.2, 0.25) is 0 Å². The average molecular weight is 276 g/mol. The third kappa shape index (κ3) is 4.77. The minimum atomic E-state index is -0.542. The Bertz CT molecular complexity index is 539. The summed E-state index contributed by atoms with van der Waals surface area (Å²) in [6, 6.07) is 10.9. The smallest absolute Gasteiger partial charge is 0.248 e. The van der Waals surface area contributed by atoms with Gasteiger partial charge in [0.05, 0.1) is 0 Å². The van der Waals surface area contributed by atoms with Crippen LogP contribution in [0.25, 0.3) is 0 Å². The lowest BCUT2D eigenvalue weighted by Gasteiger charge is -1.93. The minimum absolute atomic E-state index is 0.130. The maximum absolute atomic E-state index is 12.2. The van der Waals surface area contributed by atoms with Gasteiger partial charge in [-0.15, -0.1) is 0 Å². The Morgan fingerprint density at radius 2 is 1.15 bits per heavy atom. The second-order valence-corrected chi connectivity index (χ2v) is 3.78. The molecule has 0 saturated carbocycles. The van der Waals surface area contributed by atoms with Crippen molar-refractivity contribution in [2.45, 2.75) is 0 Å². The van der Waals surface area contributed by atoms with Gasteiger partial charge in [-0.05, 0) is 48.5 Å². The van der Waals surface area contributed by atoms with Crippen molar-refractivity contribution in [3.8, 4) is 5.75 Å². The van der Waals surface area contributed by atoms with Gasteiger partial charge in [0.1, 0.15) is 11.6 Å². The van der Waals surface area contributed by atoms with Crippen LogP contribution in [0.15, 0.2) is 48.5 Å². The van der Waals surface area contributed by atoms with E-state index in [0.29, 0.717) is 11.1 Å². The molecule has 0 spiro atoms. The van der Waals surface area contributed by atoms with Crippen LogP contribution >= 0.6 is 0 Å². The summed E-state index contributed by atoms with van der Waals surface area (Å²) in [6.45, 7) is 0. The topological polar surface area (TPSA) is 106 Å². The zero-order valence-corrected chi connectivity index (χ0v) is 10.4. The highest BCUT2D eigenvalue weighted by Gasteiger charge is 1.98. The largest absolute Gasteiger partial charge is 0.508 e. The molecule has 20 heavy (non-hydrogen) atoms. The first-order chi connectivity index (χ1) is 9.40. The molecule has 2 amide bonds. The van der Waals surface area contributed by atoms with Crippen molar-refractivity contribution in [2.75, 3.05) is 0 Å². The molecule has 0 fully saturated rings. The Balaban J connectivity index is 0.000000200. The normalized spacial score (nSPS) is 9.25. The number of amides is 2. The summed E-state index contributed by atoms with van der Waals surface area (Å²) in [5.41, 5.74) is 10.6. The monoisotopic (exact) mass is 276 g/mol. The van der Waals surface area contributed by atoms with E-state index in [1.807, 2.05) is 0 Å². The number of phenols is 1. The molecule has 0 unspecified atom stereocenters. The predicted octanol–water partition coefficient (Wildman–Crippen LogP) is 1.42. The molecular formula is C14H13FN2O3. The van der Waals surface area contributed by atoms with Crippen molar-refractivity contribution in [3.63, 3.8) is 0 Å². The number of benzene rings is 2. The van der Waals surface area contributed by atoms with Gasteiger partial charge in [0.25, 0.3) is 0 Å². The van der Waals surface area contributed by atoms with Crippen LogP contribution in [0.5, 0.6) is 5.75 Å². The zero-order valence-electron chi connectivity index (χ0n) is 10.4. The van der Waals surface area contributed by atoms with Gasteiger partial charge in [0.2, 0.25) is 11.8 Å². The lowest BCUT2D eigenvalue weighted by Crippen LogP contribution is -2.10. The van der Waals surface area contributed by atoms with E-state index < -0.39 is 11.8 Å². The van der Waals surface area contributed by atoms with E-state index in [0.717, 1.165) is 0 Å².